The number of carbonyl (C=O) groups excluding carboxylic acids is 1. The van der Waals surface area contributed by atoms with Crippen LogP contribution in [-0.4, -0.2) is 26.9 Å². The van der Waals surface area contributed by atoms with E-state index in [-0.39, 0.29) is 11.7 Å². The number of fused-ring (bicyclic) bond motifs is 1. The minimum atomic E-state index is -0.581. The molecule has 0 fully saturated rings. The molecular weight excluding hydrogens is 365 g/mol. The fraction of sp³-hybridized carbons (Fsp3) is 0.158. The predicted octanol–water partition coefficient (Wildman–Crippen LogP) is 3.35. The van der Waals surface area contributed by atoms with Gasteiger partial charge in [0.05, 0.1) is 17.8 Å². The molecule has 1 aliphatic heterocycles. The normalized spacial score (nSPS) is 19.5. The molecule has 4 rings (SSSR count). The Morgan fingerprint density at radius 2 is 2.00 bits per heavy atom. The molecule has 0 saturated carbocycles. The first-order valence-corrected chi connectivity index (χ1v) is 8.77. The van der Waals surface area contributed by atoms with Crippen LogP contribution in [0.5, 0.6) is 0 Å². The predicted molar refractivity (Wildman–Crippen MR) is 106 cm³/mol. The molecule has 1 aromatic heterocycles. The van der Waals surface area contributed by atoms with Crippen molar-refractivity contribution >= 4 is 45.5 Å². The van der Waals surface area contributed by atoms with Crippen molar-refractivity contribution in [3.8, 4) is 0 Å². The van der Waals surface area contributed by atoms with Gasteiger partial charge in [-0.3, -0.25) is 9.89 Å². The summed E-state index contributed by atoms with van der Waals surface area (Å²) in [5.74, 6) is -1.14. The Balaban J connectivity index is 1.64. The van der Waals surface area contributed by atoms with Gasteiger partial charge in [-0.15, -0.1) is 0 Å². The fourth-order valence-electron chi connectivity index (χ4n) is 3.25. The van der Waals surface area contributed by atoms with Crippen molar-refractivity contribution in [2.45, 2.75) is 13.0 Å². The first-order valence-electron chi connectivity index (χ1n) is 8.36. The minimum absolute atomic E-state index is 0.219. The number of amides is 1. The van der Waals surface area contributed by atoms with Crippen molar-refractivity contribution in [1.29, 1.82) is 0 Å². The molecule has 0 spiro atoms. The molecule has 2 atom stereocenters. The average molecular weight is 381 g/mol. The molecule has 1 aliphatic rings. The fourth-order valence-corrected chi connectivity index (χ4v) is 3.52. The average Bonchev–Trinajstić information content (AvgIpc) is 3.09. The summed E-state index contributed by atoms with van der Waals surface area (Å²) in [6.45, 7) is 1.77. The quantitative estimate of drug-likeness (QED) is 0.608. The number of aromatic amines is 1. The number of hydrogen-bond acceptors (Lipinski definition) is 3. The lowest BCUT2D eigenvalue weighted by Crippen LogP contribution is -2.45. The Morgan fingerprint density at radius 1 is 1.22 bits per heavy atom. The third kappa shape index (κ3) is 3.43. The second-order valence-electron chi connectivity index (χ2n) is 6.37. The second kappa shape index (κ2) is 6.88. The summed E-state index contributed by atoms with van der Waals surface area (Å²) in [5.41, 5.74) is 2.92. The zero-order chi connectivity index (χ0) is 19.0. The van der Waals surface area contributed by atoms with E-state index in [1.807, 2.05) is 12.1 Å². The molecule has 2 unspecified atom stereocenters. The van der Waals surface area contributed by atoms with E-state index in [0.29, 0.717) is 16.5 Å². The Kier molecular flexibility index (Phi) is 4.41. The van der Waals surface area contributed by atoms with Crippen molar-refractivity contribution in [3.05, 3.63) is 60.0 Å². The number of rotatable bonds is 3. The van der Waals surface area contributed by atoms with Crippen LogP contribution in [0.15, 0.2) is 53.7 Å². The number of halogens is 1. The highest BCUT2D eigenvalue weighted by Gasteiger charge is 2.35. The van der Waals surface area contributed by atoms with Crippen LogP contribution in [0.4, 0.5) is 10.1 Å². The van der Waals surface area contributed by atoms with Crippen LogP contribution in [0.1, 0.15) is 18.5 Å². The minimum Gasteiger partial charge on any atom is -0.353 e. The lowest BCUT2D eigenvalue weighted by molar-refractivity contribution is -0.118. The molecule has 1 amide bonds. The zero-order valence-electron chi connectivity index (χ0n) is 14.4. The molecular formula is C19H16FN5OS. The zero-order valence-corrected chi connectivity index (χ0v) is 15.2. The number of benzene rings is 2. The van der Waals surface area contributed by atoms with Crippen LogP contribution < -0.4 is 10.6 Å². The summed E-state index contributed by atoms with van der Waals surface area (Å²) in [6.07, 6.45) is 1.69. The number of hydrogen-bond donors (Lipinski definition) is 3. The van der Waals surface area contributed by atoms with Crippen LogP contribution in [0.3, 0.4) is 0 Å². The maximum atomic E-state index is 13.3. The van der Waals surface area contributed by atoms with E-state index in [1.54, 1.807) is 31.3 Å². The number of H-pyrrole nitrogens is 1. The number of nitrogens with one attached hydrogen (secondary N) is 3. The van der Waals surface area contributed by atoms with Crippen LogP contribution >= 0.6 is 12.2 Å². The monoisotopic (exact) mass is 381 g/mol. The summed E-state index contributed by atoms with van der Waals surface area (Å²) in [4.78, 5) is 17.3. The lowest BCUT2D eigenvalue weighted by atomic mass is 9.87. The lowest BCUT2D eigenvalue weighted by Gasteiger charge is -2.31. The van der Waals surface area contributed by atoms with Gasteiger partial charge in [0.1, 0.15) is 11.7 Å². The SMILES string of the molecule is CC1=NC(=S)NC(c2ccc(F)cc2)C1C(=O)Nc1ccc2[nH]ncc2c1. The number of nitrogens with zero attached hydrogens (tertiary/aromatic N) is 2. The van der Waals surface area contributed by atoms with Crippen molar-refractivity contribution in [1.82, 2.24) is 15.5 Å². The molecule has 27 heavy (non-hydrogen) atoms. The van der Waals surface area contributed by atoms with Gasteiger partial charge in [-0.05, 0) is 55.0 Å². The van der Waals surface area contributed by atoms with Crippen LogP contribution in [0.2, 0.25) is 0 Å². The Labute approximate surface area is 159 Å². The summed E-state index contributed by atoms with van der Waals surface area (Å²) in [7, 11) is 0. The number of aromatic nitrogens is 2. The van der Waals surface area contributed by atoms with E-state index >= 15 is 0 Å². The van der Waals surface area contributed by atoms with Crippen LogP contribution in [0, 0.1) is 11.7 Å². The molecule has 0 radical (unpaired) electrons. The number of aliphatic imine (C=N–C) groups is 1. The Morgan fingerprint density at radius 3 is 2.78 bits per heavy atom. The first-order chi connectivity index (χ1) is 13.0. The number of thiocarbonyl (C=S) groups is 1. The third-order valence-corrected chi connectivity index (χ3v) is 4.77. The molecule has 0 aliphatic carbocycles. The van der Waals surface area contributed by atoms with Gasteiger partial charge < -0.3 is 10.6 Å². The topological polar surface area (TPSA) is 82.2 Å². The van der Waals surface area contributed by atoms with Gasteiger partial charge in [0.15, 0.2) is 5.11 Å². The molecule has 2 aromatic carbocycles. The standard InChI is InChI=1S/C19H16FN5OS/c1-10-16(17(24-19(27)22-10)11-2-4-13(20)5-3-11)18(26)23-14-6-7-15-12(8-14)9-21-25-15/h2-9,16-17H,1H3,(H,21,25)(H,23,26)(H,24,27). The largest absolute Gasteiger partial charge is 0.353 e. The molecule has 136 valence electrons. The summed E-state index contributed by atoms with van der Waals surface area (Å²) in [6, 6.07) is 11.1. The van der Waals surface area contributed by atoms with E-state index in [4.69, 9.17) is 12.2 Å². The molecule has 0 bridgehead atoms. The molecule has 3 aromatic rings. The van der Waals surface area contributed by atoms with E-state index in [9.17, 15) is 9.18 Å². The van der Waals surface area contributed by atoms with Gasteiger partial charge in [-0.25, -0.2) is 9.38 Å². The van der Waals surface area contributed by atoms with Gasteiger partial charge in [-0.2, -0.15) is 5.10 Å². The third-order valence-electron chi connectivity index (χ3n) is 4.56. The molecule has 0 saturated heterocycles. The van der Waals surface area contributed by atoms with Crippen LogP contribution in [0.25, 0.3) is 10.9 Å². The van der Waals surface area contributed by atoms with Crippen molar-refractivity contribution < 1.29 is 9.18 Å². The Hall–Kier alpha value is -3.13. The van der Waals surface area contributed by atoms with E-state index in [1.165, 1.54) is 12.1 Å². The summed E-state index contributed by atoms with van der Waals surface area (Å²) < 4.78 is 13.3. The van der Waals surface area contributed by atoms with E-state index in [2.05, 4.69) is 25.8 Å². The highest BCUT2D eigenvalue weighted by molar-refractivity contribution is 7.80. The first kappa shape index (κ1) is 17.3. The molecule has 6 nitrogen and oxygen atoms in total. The van der Waals surface area contributed by atoms with Gasteiger partial charge >= 0.3 is 0 Å². The number of anilines is 1. The van der Waals surface area contributed by atoms with Gasteiger partial charge in [0, 0.05) is 16.8 Å². The molecule has 3 N–H and O–H groups in total. The van der Waals surface area contributed by atoms with Gasteiger partial charge in [0.25, 0.3) is 0 Å². The molecule has 8 heteroatoms. The second-order valence-corrected chi connectivity index (χ2v) is 6.76. The highest BCUT2D eigenvalue weighted by atomic mass is 32.1. The van der Waals surface area contributed by atoms with Crippen molar-refractivity contribution in [3.63, 3.8) is 0 Å². The van der Waals surface area contributed by atoms with Crippen molar-refractivity contribution in [2.75, 3.05) is 5.32 Å². The van der Waals surface area contributed by atoms with Crippen molar-refractivity contribution in [2.24, 2.45) is 10.9 Å². The van der Waals surface area contributed by atoms with E-state index in [0.717, 1.165) is 16.5 Å². The summed E-state index contributed by atoms with van der Waals surface area (Å²) in [5, 5.41) is 14.1. The smallest absolute Gasteiger partial charge is 0.235 e. The molecule has 2 heterocycles. The maximum Gasteiger partial charge on any atom is 0.235 e. The maximum absolute atomic E-state index is 13.3. The van der Waals surface area contributed by atoms with Crippen LogP contribution in [-0.2, 0) is 4.79 Å². The van der Waals surface area contributed by atoms with E-state index < -0.39 is 12.0 Å². The van der Waals surface area contributed by atoms with Gasteiger partial charge in [-0.1, -0.05) is 12.1 Å². The van der Waals surface area contributed by atoms with Gasteiger partial charge in [0.2, 0.25) is 5.91 Å². The highest BCUT2D eigenvalue weighted by Crippen LogP contribution is 2.29. The Bertz CT molecular complexity index is 1060. The summed E-state index contributed by atoms with van der Waals surface area (Å²) >= 11 is 5.18. The number of carbonyl (C=O) groups is 1.